The van der Waals surface area contributed by atoms with Crippen LogP contribution in [0.5, 0.6) is 0 Å². The minimum Gasteiger partial charge on any atom is -0.480 e. The highest BCUT2D eigenvalue weighted by Gasteiger charge is 2.31. The Morgan fingerprint density at radius 1 is 1.26 bits per heavy atom. The van der Waals surface area contributed by atoms with Gasteiger partial charge in [0.15, 0.2) is 0 Å². The van der Waals surface area contributed by atoms with Gasteiger partial charge in [-0.1, -0.05) is 12.8 Å². The first-order chi connectivity index (χ1) is 8.91. The van der Waals surface area contributed by atoms with Crippen molar-refractivity contribution in [3.63, 3.8) is 0 Å². The maximum absolute atomic E-state index is 12.0. The van der Waals surface area contributed by atoms with E-state index < -0.39 is 17.9 Å². The Morgan fingerprint density at radius 2 is 1.89 bits per heavy atom. The number of hydrogen-bond acceptors (Lipinski definition) is 4. The maximum Gasteiger partial charge on any atom is 0.326 e. The minimum atomic E-state index is -1.17. The molecule has 6 N–H and O–H groups in total. The van der Waals surface area contributed by atoms with E-state index in [0.29, 0.717) is 6.42 Å². The largest absolute Gasteiger partial charge is 0.480 e. The number of carboxylic acid groups (broad SMARTS) is 1. The quantitative estimate of drug-likeness (QED) is 0.508. The van der Waals surface area contributed by atoms with Crippen LogP contribution >= 0.6 is 0 Å². The summed E-state index contributed by atoms with van der Waals surface area (Å²) in [6.07, 6.45) is 3.29. The van der Waals surface area contributed by atoms with Crippen LogP contribution in [-0.2, 0) is 14.4 Å². The Labute approximate surface area is 111 Å². The van der Waals surface area contributed by atoms with Gasteiger partial charge in [-0.3, -0.25) is 9.59 Å². The molecule has 0 saturated heterocycles. The number of carboxylic acids is 1. The van der Waals surface area contributed by atoms with Crippen LogP contribution < -0.4 is 16.8 Å². The van der Waals surface area contributed by atoms with Gasteiger partial charge in [-0.2, -0.15) is 0 Å². The third kappa shape index (κ3) is 4.86. The van der Waals surface area contributed by atoms with E-state index in [2.05, 4.69) is 5.32 Å². The van der Waals surface area contributed by atoms with E-state index in [0.717, 1.165) is 19.3 Å². The molecule has 0 spiro atoms. The summed E-state index contributed by atoms with van der Waals surface area (Å²) in [5.41, 5.74) is 10.8. The van der Waals surface area contributed by atoms with Gasteiger partial charge in [0.1, 0.15) is 6.04 Å². The van der Waals surface area contributed by atoms with Crippen LogP contribution in [0.3, 0.4) is 0 Å². The molecule has 7 nitrogen and oxygen atoms in total. The summed E-state index contributed by atoms with van der Waals surface area (Å²) in [7, 11) is 0. The van der Waals surface area contributed by atoms with E-state index in [4.69, 9.17) is 16.6 Å². The molecule has 0 aromatic carbocycles. The standard InChI is InChI=1S/C12H21N3O4/c13-8-4-2-1-3-7(8)11(17)15-9(12(18)19)5-6-10(14)16/h7-9H,1-6,13H2,(H2,14,16)(H,15,17)(H,18,19)/t7?,8?,9-/m1/s1. The van der Waals surface area contributed by atoms with Crippen molar-refractivity contribution in [3.05, 3.63) is 0 Å². The molecule has 1 aliphatic rings. The van der Waals surface area contributed by atoms with Crippen LogP contribution in [0, 0.1) is 5.92 Å². The van der Waals surface area contributed by atoms with E-state index in [1.54, 1.807) is 0 Å². The molecule has 0 aromatic rings. The summed E-state index contributed by atoms with van der Waals surface area (Å²) >= 11 is 0. The van der Waals surface area contributed by atoms with Gasteiger partial charge in [0.25, 0.3) is 0 Å². The van der Waals surface area contributed by atoms with Crippen LogP contribution in [0.25, 0.3) is 0 Å². The van der Waals surface area contributed by atoms with Gasteiger partial charge in [-0.05, 0) is 19.3 Å². The predicted octanol–water partition coefficient (Wildman–Crippen LogP) is -0.661. The Balaban J connectivity index is 2.55. The first kappa shape index (κ1) is 15.4. The molecule has 1 fully saturated rings. The van der Waals surface area contributed by atoms with Crippen molar-refractivity contribution < 1.29 is 19.5 Å². The molecule has 7 heteroatoms. The lowest BCUT2D eigenvalue weighted by atomic mass is 9.84. The van der Waals surface area contributed by atoms with Crippen LogP contribution in [-0.4, -0.2) is 35.0 Å². The number of nitrogens with two attached hydrogens (primary N) is 2. The topological polar surface area (TPSA) is 136 Å². The van der Waals surface area contributed by atoms with E-state index in [9.17, 15) is 14.4 Å². The van der Waals surface area contributed by atoms with Crippen molar-refractivity contribution in [2.24, 2.45) is 17.4 Å². The number of rotatable bonds is 6. The molecular weight excluding hydrogens is 250 g/mol. The first-order valence-corrected chi connectivity index (χ1v) is 6.49. The molecular formula is C12H21N3O4. The Morgan fingerprint density at radius 3 is 2.42 bits per heavy atom. The molecule has 2 amide bonds. The summed E-state index contributed by atoms with van der Waals surface area (Å²) in [6.45, 7) is 0. The third-order valence-electron chi connectivity index (χ3n) is 3.45. The lowest BCUT2D eigenvalue weighted by molar-refractivity contribution is -0.143. The Hall–Kier alpha value is -1.63. The van der Waals surface area contributed by atoms with Crippen molar-refractivity contribution in [3.8, 4) is 0 Å². The monoisotopic (exact) mass is 271 g/mol. The molecule has 1 saturated carbocycles. The second-order valence-corrected chi connectivity index (χ2v) is 4.96. The zero-order valence-electron chi connectivity index (χ0n) is 10.8. The number of hydrogen-bond donors (Lipinski definition) is 4. The Bertz CT molecular complexity index is 359. The average molecular weight is 271 g/mol. The highest BCUT2D eigenvalue weighted by molar-refractivity contribution is 5.86. The van der Waals surface area contributed by atoms with Crippen LogP contribution in [0.15, 0.2) is 0 Å². The second kappa shape index (κ2) is 7.08. The number of nitrogens with one attached hydrogen (secondary N) is 1. The highest BCUT2D eigenvalue weighted by Crippen LogP contribution is 2.23. The van der Waals surface area contributed by atoms with Gasteiger partial charge in [-0.25, -0.2) is 4.79 Å². The molecule has 108 valence electrons. The highest BCUT2D eigenvalue weighted by atomic mass is 16.4. The molecule has 19 heavy (non-hydrogen) atoms. The first-order valence-electron chi connectivity index (χ1n) is 6.49. The second-order valence-electron chi connectivity index (χ2n) is 4.96. The van der Waals surface area contributed by atoms with E-state index in [-0.39, 0.29) is 30.7 Å². The van der Waals surface area contributed by atoms with Crippen molar-refractivity contribution in [1.29, 1.82) is 0 Å². The molecule has 3 atom stereocenters. The zero-order chi connectivity index (χ0) is 14.4. The summed E-state index contributed by atoms with van der Waals surface area (Å²) < 4.78 is 0. The fraction of sp³-hybridized carbons (Fsp3) is 0.750. The van der Waals surface area contributed by atoms with Gasteiger partial charge in [0, 0.05) is 12.5 Å². The smallest absolute Gasteiger partial charge is 0.326 e. The Kier molecular flexibility index (Phi) is 5.75. The van der Waals surface area contributed by atoms with Crippen LogP contribution in [0.2, 0.25) is 0 Å². The van der Waals surface area contributed by atoms with Gasteiger partial charge >= 0.3 is 5.97 Å². The SMILES string of the molecule is NC(=O)CC[C@@H](NC(=O)C1CCCCC1N)C(=O)O. The number of carbonyl (C=O) groups is 3. The molecule has 2 unspecified atom stereocenters. The van der Waals surface area contributed by atoms with Crippen molar-refractivity contribution >= 4 is 17.8 Å². The molecule has 0 aliphatic heterocycles. The summed E-state index contributed by atoms with van der Waals surface area (Å²) in [5, 5.41) is 11.4. The summed E-state index contributed by atoms with van der Waals surface area (Å²) in [6, 6.07) is -1.31. The van der Waals surface area contributed by atoms with Crippen molar-refractivity contribution in [1.82, 2.24) is 5.32 Å². The number of aliphatic carboxylic acids is 1. The van der Waals surface area contributed by atoms with Gasteiger partial charge in [0.05, 0.1) is 5.92 Å². The number of primary amides is 1. The van der Waals surface area contributed by atoms with Gasteiger partial charge < -0.3 is 21.9 Å². The van der Waals surface area contributed by atoms with Crippen molar-refractivity contribution in [2.45, 2.75) is 50.6 Å². The maximum atomic E-state index is 12.0. The van der Waals surface area contributed by atoms with E-state index in [1.807, 2.05) is 0 Å². The zero-order valence-corrected chi connectivity index (χ0v) is 10.8. The number of carbonyl (C=O) groups excluding carboxylic acids is 2. The minimum absolute atomic E-state index is 0.00162. The van der Waals surface area contributed by atoms with E-state index in [1.165, 1.54) is 0 Å². The third-order valence-corrected chi connectivity index (χ3v) is 3.45. The summed E-state index contributed by atoms with van der Waals surface area (Å²) in [5.74, 6) is -2.44. The fourth-order valence-corrected chi connectivity index (χ4v) is 2.31. The molecule has 0 heterocycles. The number of amides is 2. The lowest BCUT2D eigenvalue weighted by Crippen LogP contribution is -2.49. The van der Waals surface area contributed by atoms with Gasteiger partial charge in [-0.15, -0.1) is 0 Å². The molecule has 0 radical (unpaired) electrons. The lowest BCUT2D eigenvalue weighted by Gasteiger charge is -2.28. The van der Waals surface area contributed by atoms with E-state index >= 15 is 0 Å². The summed E-state index contributed by atoms with van der Waals surface area (Å²) in [4.78, 5) is 33.7. The average Bonchev–Trinajstić information content (AvgIpc) is 2.34. The molecule has 0 bridgehead atoms. The van der Waals surface area contributed by atoms with Gasteiger partial charge in [0.2, 0.25) is 11.8 Å². The van der Waals surface area contributed by atoms with Crippen LogP contribution in [0.1, 0.15) is 38.5 Å². The predicted molar refractivity (Wildman–Crippen MR) is 67.9 cm³/mol. The van der Waals surface area contributed by atoms with Crippen molar-refractivity contribution in [2.75, 3.05) is 0 Å². The molecule has 1 rings (SSSR count). The fourth-order valence-electron chi connectivity index (χ4n) is 2.31. The molecule has 0 aromatic heterocycles. The van der Waals surface area contributed by atoms with Crippen LogP contribution in [0.4, 0.5) is 0 Å². The normalized spacial score (nSPS) is 24.5. The molecule has 1 aliphatic carbocycles.